The number of alkyl carbamates (subject to hydrolysis) is 1. The van der Waals surface area contributed by atoms with Gasteiger partial charge in [-0.2, -0.15) is 0 Å². The molecule has 0 radical (unpaired) electrons. The second-order valence-electron chi connectivity index (χ2n) is 11.9. The van der Waals surface area contributed by atoms with Crippen molar-refractivity contribution in [2.45, 2.75) is 102 Å². The van der Waals surface area contributed by atoms with Crippen LogP contribution in [0.1, 0.15) is 77.7 Å². The Bertz CT molecular complexity index is 1080. The van der Waals surface area contributed by atoms with Crippen LogP contribution in [0, 0.1) is 5.92 Å². The minimum atomic E-state index is -1.02. The first-order valence-corrected chi connectivity index (χ1v) is 14.2. The molecule has 2 heterocycles. The second kappa shape index (κ2) is 12.2. The highest BCUT2D eigenvalue weighted by molar-refractivity contribution is 5.98. The lowest BCUT2D eigenvalue weighted by Crippen LogP contribution is -2.57. The molecule has 1 saturated carbocycles. The normalized spacial score (nSPS) is 28.6. The number of hydrogen-bond donors (Lipinski definition) is 3. The number of amides is 4. The molecule has 1 aromatic rings. The molecular weight excluding hydrogens is 496 g/mol. The van der Waals surface area contributed by atoms with E-state index in [1.165, 1.54) is 0 Å². The third kappa shape index (κ3) is 7.40. The number of nitrogens with one attached hydrogen (secondary N) is 3. The highest BCUT2D eigenvalue weighted by Gasteiger charge is 2.60. The first-order chi connectivity index (χ1) is 18.6. The Morgan fingerprint density at radius 1 is 1.08 bits per heavy atom. The molecule has 3 N–H and O–H groups in total. The van der Waals surface area contributed by atoms with E-state index in [0.717, 1.165) is 31.2 Å². The summed E-state index contributed by atoms with van der Waals surface area (Å²) in [5, 5.41) is 8.80. The predicted octanol–water partition coefficient (Wildman–Crippen LogP) is 3.58. The Balaban J connectivity index is 1.51. The molecule has 4 amide bonds. The van der Waals surface area contributed by atoms with Crippen molar-refractivity contribution in [3.05, 3.63) is 48.0 Å². The quantitative estimate of drug-likeness (QED) is 0.507. The fraction of sp³-hybridized carbons (Fsp3) is 0.600. The van der Waals surface area contributed by atoms with E-state index >= 15 is 0 Å². The summed E-state index contributed by atoms with van der Waals surface area (Å²) < 4.78 is 5.41. The molecule has 1 aromatic carbocycles. The zero-order chi connectivity index (χ0) is 28.0. The van der Waals surface area contributed by atoms with Gasteiger partial charge in [-0.05, 0) is 64.9 Å². The minimum absolute atomic E-state index is 0.0884. The SMILES string of the molecule is CC(C)(C)OC(=O)N[C@H]1CCCCC/C=C\[C@@H]2C[C@@]2(C(=O)NCc2ccccc2)NC(=O)C2CCCN2C1=O. The zero-order valence-electron chi connectivity index (χ0n) is 23.3. The van der Waals surface area contributed by atoms with E-state index < -0.39 is 29.3 Å². The van der Waals surface area contributed by atoms with E-state index in [9.17, 15) is 19.2 Å². The monoisotopic (exact) mass is 538 g/mol. The van der Waals surface area contributed by atoms with Gasteiger partial charge in [0, 0.05) is 19.0 Å². The van der Waals surface area contributed by atoms with E-state index in [2.05, 4.69) is 22.0 Å². The number of benzene rings is 1. The van der Waals surface area contributed by atoms with Crippen molar-refractivity contribution >= 4 is 23.8 Å². The average Bonchev–Trinajstić information content (AvgIpc) is 3.34. The number of rotatable bonds is 4. The summed E-state index contributed by atoms with van der Waals surface area (Å²) in [6.45, 7) is 6.13. The van der Waals surface area contributed by atoms with Crippen molar-refractivity contribution in [3.63, 3.8) is 0 Å². The maximum Gasteiger partial charge on any atom is 0.408 e. The number of fused-ring (bicyclic) bond motifs is 2. The Morgan fingerprint density at radius 3 is 2.59 bits per heavy atom. The molecule has 0 bridgehead atoms. The van der Waals surface area contributed by atoms with Gasteiger partial charge in [0.05, 0.1) is 0 Å². The summed E-state index contributed by atoms with van der Waals surface area (Å²) in [6, 6.07) is 8.20. The Morgan fingerprint density at radius 2 is 1.85 bits per heavy atom. The van der Waals surface area contributed by atoms with Gasteiger partial charge in [-0.3, -0.25) is 14.4 Å². The van der Waals surface area contributed by atoms with Crippen molar-refractivity contribution in [2.75, 3.05) is 6.54 Å². The van der Waals surface area contributed by atoms with Crippen LogP contribution >= 0.6 is 0 Å². The summed E-state index contributed by atoms with van der Waals surface area (Å²) in [6.07, 6.45) is 9.13. The number of hydrogen-bond acceptors (Lipinski definition) is 5. The van der Waals surface area contributed by atoms with Crippen molar-refractivity contribution in [1.29, 1.82) is 0 Å². The number of ether oxygens (including phenoxy) is 1. The van der Waals surface area contributed by atoms with Crippen molar-refractivity contribution < 1.29 is 23.9 Å². The lowest BCUT2D eigenvalue weighted by molar-refractivity contribution is -0.141. The summed E-state index contributed by atoms with van der Waals surface area (Å²) in [7, 11) is 0. The van der Waals surface area contributed by atoms with Gasteiger partial charge in [0.25, 0.3) is 0 Å². The Hall–Kier alpha value is -3.36. The maximum atomic E-state index is 13.7. The fourth-order valence-electron chi connectivity index (χ4n) is 5.48. The molecule has 0 spiro atoms. The molecule has 4 rings (SSSR count). The third-order valence-corrected chi connectivity index (χ3v) is 7.62. The highest BCUT2D eigenvalue weighted by atomic mass is 16.6. The van der Waals surface area contributed by atoms with Gasteiger partial charge in [0.15, 0.2) is 0 Å². The molecule has 2 fully saturated rings. The number of carbonyl (C=O) groups excluding carboxylic acids is 4. The van der Waals surface area contributed by atoms with Crippen LogP contribution in [0.4, 0.5) is 4.79 Å². The van der Waals surface area contributed by atoms with Crippen molar-refractivity contribution in [1.82, 2.24) is 20.9 Å². The predicted molar refractivity (Wildman–Crippen MR) is 147 cm³/mol. The summed E-state index contributed by atoms with van der Waals surface area (Å²) in [5.74, 6) is -0.896. The Kier molecular flexibility index (Phi) is 8.97. The fourth-order valence-corrected chi connectivity index (χ4v) is 5.48. The van der Waals surface area contributed by atoms with Crippen LogP contribution in [0.2, 0.25) is 0 Å². The van der Waals surface area contributed by atoms with Crippen LogP contribution in [0.25, 0.3) is 0 Å². The number of carbonyl (C=O) groups is 4. The van der Waals surface area contributed by atoms with Crippen LogP contribution in [0.5, 0.6) is 0 Å². The smallest absolute Gasteiger partial charge is 0.408 e. The van der Waals surface area contributed by atoms with E-state index in [4.69, 9.17) is 4.74 Å². The molecule has 39 heavy (non-hydrogen) atoms. The van der Waals surface area contributed by atoms with E-state index in [1.54, 1.807) is 25.7 Å². The number of allylic oxidation sites excluding steroid dienone is 1. The molecule has 9 heteroatoms. The summed E-state index contributed by atoms with van der Waals surface area (Å²) >= 11 is 0. The molecule has 0 aromatic heterocycles. The maximum absolute atomic E-state index is 13.7. The molecule has 1 unspecified atom stereocenters. The van der Waals surface area contributed by atoms with Gasteiger partial charge in [0.1, 0.15) is 23.2 Å². The molecule has 1 aliphatic carbocycles. The van der Waals surface area contributed by atoms with Gasteiger partial charge in [-0.1, -0.05) is 55.3 Å². The van der Waals surface area contributed by atoms with E-state index in [-0.39, 0.29) is 23.6 Å². The molecular formula is C30H42N4O5. The lowest BCUT2D eigenvalue weighted by Gasteiger charge is -2.30. The largest absolute Gasteiger partial charge is 0.444 e. The van der Waals surface area contributed by atoms with E-state index in [0.29, 0.717) is 38.8 Å². The van der Waals surface area contributed by atoms with Crippen LogP contribution in [-0.2, 0) is 25.7 Å². The standard InChI is InChI=1S/C30H42N4O5/c1-29(2,3)39-28(38)32-23-16-11-6-4-5-10-15-22-19-30(22,27(37)31-20-21-13-8-7-9-14-21)33-25(35)24-17-12-18-34(24)26(23)36/h7-10,13-15,22-24H,4-6,11-12,16-20H2,1-3H3,(H,31,37)(H,32,38)(H,33,35)/b15-10-/t22-,23+,24?,30-/m1/s1. The first kappa shape index (κ1) is 28.6. The highest BCUT2D eigenvalue weighted by Crippen LogP contribution is 2.45. The van der Waals surface area contributed by atoms with Crippen LogP contribution < -0.4 is 16.0 Å². The topological polar surface area (TPSA) is 117 Å². The molecule has 2 aliphatic heterocycles. The zero-order valence-corrected chi connectivity index (χ0v) is 23.3. The van der Waals surface area contributed by atoms with Gasteiger partial charge in [0.2, 0.25) is 17.7 Å². The van der Waals surface area contributed by atoms with Crippen LogP contribution in [0.15, 0.2) is 42.5 Å². The number of nitrogens with zero attached hydrogens (tertiary/aromatic N) is 1. The van der Waals surface area contributed by atoms with Gasteiger partial charge >= 0.3 is 6.09 Å². The van der Waals surface area contributed by atoms with Gasteiger partial charge in [-0.25, -0.2) is 4.79 Å². The average molecular weight is 539 g/mol. The second-order valence-corrected chi connectivity index (χ2v) is 11.9. The molecule has 9 nitrogen and oxygen atoms in total. The lowest BCUT2D eigenvalue weighted by atomic mass is 10.0. The van der Waals surface area contributed by atoms with Crippen molar-refractivity contribution in [3.8, 4) is 0 Å². The minimum Gasteiger partial charge on any atom is -0.444 e. The molecule has 4 atom stereocenters. The molecule has 1 saturated heterocycles. The third-order valence-electron chi connectivity index (χ3n) is 7.62. The van der Waals surface area contributed by atoms with E-state index in [1.807, 2.05) is 36.4 Å². The van der Waals surface area contributed by atoms with Crippen LogP contribution in [-0.4, -0.2) is 58.5 Å². The van der Waals surface area contributed by atoms with Gasteiger partial charge < -0.3 is 25.6 Å². The Labute approximate surface area is 231 Å². The van der Waals surface area contributed by atoms with Crippen molar-refractivity contribution in [2.24, 2.45) is 5.92 Å². The summed E-state index contributed by atoms with van der Waals surface area (Å²) in [4.78, 5) is 54.8. The molecule has 3 aliphatic rings. The van der Waals surface area contributed by atoms with Gasteiger partial charge in [-0.15, -0.1) is 0 Å². The summed E-state index contributed by atoms with van der Waals surface area (Å²) in [5.41, 5.74) is -0.728. The first-order valence-electron chi connectivity index (χ1n) is 14.2. The molecule has 212 valence electrons. The van der Waals surface area contributed by atoms with Crippen LogP contribution in [0.3, 0.4) is 0 Å².